The number of benzene rings is 1. The molecule has 0 aliphatic carbocycles. The summed E-state index contributed by atoms with van der Waals surface area (Å²) in [5.41, 5.74) is 4.13. The maximum atomic E-state index is 12.8. The van der Waals surface area contributed by atoms with Crippen LogP contribution >= 0.6 is 0 Å². The van der Waals surface area contributed by atoms with E-state index in [0.29, 0.717) is 13.0 Å². The molecule has 1 saturated heterocycles. The molecule has 7 nitrogen and oxygen atoms in total. The highest BCUT2D eigenvalue weighted by Gasteiger charge is 2.38. The van der Waals surface area contributed by atoms with Crippen molar-refractivity contribution in [2.75, 3.05) is 6.54 Å². The standard InChI is InChI=1S/C23H29N5O2.C2H6/c1-4-15(3)23(30)27-14-18(29)12-21(27)22-24-13-19(26-22)16-6-8-17(9-7-16)20-10-11-25-28(20)5-2;1-2/h6-11,13,15,18,21,29H,4-5,12,14H2,1-3H3,(H,24,26);1-2H3. The van der Waals surface area contributed by atoms with Crippen LogP contribution in [0.3, 0.4) is 0 Å². The molecule has 0 radical (unpaired) electrons. The number of amides is 1. The number of aromatic amines is 1. The van der Waals surface area contributed by atoms with E-state index in [0.717, 1.165) is 41.3 Å². The first-order valence-electron chi connectivity index (χ1n) is 11.7. The SMILES string of the molecule is CC.CCC(C)C(=O)N1CC(O)CC1c1ncc(-c2ccc(-c3ccnn3CC)cc2)[nH]1. The third-order valence-electron chi connectivity index (χ3n) is 6.01. The second kappa shape index (κ2) is 10.6. The van der Waals surface area contributed by atoms with Crippen LogP contribution in [0.2, 0.25) is 0 Å². The lowest BCUT2D eigenvalue weighted by Gasteiger charge is -2.25. The zero-order valence-corrected chi connectivity index (χ0v) is 19.7. The largest absolute Gasteiger partial charge is 0.391 e. The van der Waals surface area contributed by atoms with Gasteiger partial charge in [-0.2, -0.15) is 5.10 Å². The highest BCUT2D eigenvalue weighted by atomic mass is 16.3. The van der Waals surface area contributed by atoms with Gasteiger partial charge in [0.15, 0.2) is 0 Å². The summed E-state index contributed by atoms with van der Waals surface area (Å²) < 4.78 is 1.97. The van der Waals surface area contributed by atoms with Crippen molar-refractivity contribution in [3.63, 3.8) is 0 Å². The molecule has 3 atom stereocenters. The molecule has 32 heavy (non-hydrogen) atoms. The van der Waals surface area contributed by atoms with Crippen LogP contribution in [0, 0.1) is 5.92 Å². The zero-order valence-electron chi connectivity index (χ0n) is 19.7. The van der Waals surface area contributed by atoms with Crippen LogP contribution in [0.15, 0.2) is 42.7 Å². The Morgan fingerprint density at radius 3 is 2.53 bits per heavy atom. The van der Waals surface area contributed by atoms with Gasteiger partial charge in [0.2, 0.25) is 5.91 Å². The molecule has 2 aromatic heterocycles. The highest BCUT2D eigenvalue weighted by molar-refractivity contribution is 5.79. The van der Waals surface area contributed by atoms with E-state index in [2.05, 4.69) is 46.3 Å². The second-order valence-corrected chi connectivity index (χ2v) is 8.00. The molecule has 1 fully saturated rings. The number of nitrogens with one attached hydrogen (secondary N) is 1. The number of H-pyrrole nitrogens is 1. The zero-order chi connectivity index (χ0) is 23.3. The van der Waals surface area contributed by atoms with Gasteiger partial charge in [-0.05, 0) is 30.5 Å². The minimum atomic E-state index is -0.515. The van der Waals surface area contributed by atoms with Crippen molar-refractivity contribution >= 4 is 5.91 Å². The van der Waals surface area contributed by atoms with Gasteiger partial charge >= 0.3 is 0 Å². The van der Waals surface area contributed by atoms with Crippen LogP contribution in [0.4, 0.5) is 0 Å². The van der Waals surface area contributed by atoms with Gasteiger partial charge < -0.3 is 15.0 Å². The Kier molecular flexibility index (Phi) is 7.85. The van der Waals surface area contributed by atoms with Crippen molar-refractivity contribution in [1.29, 1.82) is 0 Å². The van der Waals surface area contributed by atoms with Gasteiger partial charge in [-0.15, -0.1) is 0 Å². The smallest absolute Gasteiger partial charge is 0.226 e. The lowest BCUT2D eigenvalue weighted by molar-refractivity contribution is -0.136. The van der Waals surface area contributed by atoms with E-state index in [9.17, 15) is 9.90 Å². The molecule has 1 aromatic carbocycles. The molecule has 1 amide bonds. The molecule has 2 N–H and O–H groups in total. The number of aromatic nitrogens is 4. The highest BCUT2D eigenvalue weighted by Crippen LogP contribution is 2.33. The third-order valence-corrected chi connectivity index (χ3v) is 6.01. The van der Waals surface area contributed by atoms with Crippen LogP contribution in [0.5, 0.6) is 0 Å². The summed E-state index contributed by atoms with van der Waals surface area (Å²) in [6.45, 7) is 11.2. The predicted molar refractivity (Wildman–Crippen MR) is 127 cm³/mol. The summed E-state index contributed by atoms with van der Waals surface area (Å²) in [6.07, 6.45) is 4.40. The molecule has 0 spiro atoms. The first-order valence-corrected chi connectivity index (χ1v) is 11.7. The van der Waals surface area contributed by atoms with E-state index in [4.69, 9.17) is 0 Å². The first-order chi connectivity index (χ1) is 15.5. The van der Waals surface area contributed by atoms with Crippen LogP contribution in [-0.2, 0) is 11.3 Å². The fraction of sp³-hybridized carbons (Fsp3) is 0.480. The average molecular weight is 438 g/mol. The summed E-state index contributed by atoms with van der Waals surface area (Å²) in [5.74, 6) is 0.747. The number of hydrogen-bond acceptors (Lipinski definition) is 4. The molecule has 1 aliphatic heterocycles. The summed E-state index contributed by atoms with van der Waals surface area (Å²) in [6, 6.07) is 10.1. The van der Waals surface area contributed by atoms with Crippen molar-refractivity contribution in [2.24, 2.45) is 5.92 Å². The van der Waals surface area contributed by atoms with E-state index in [1.165, 1.54) is 0 Å². The Labute approximate surface area is 190 Å². The fourth-order valence-corrected chi connectivity index (χ4v) is 4.08. The maximum absolute atomic E-state index is 12.8. The normalized spacial score (nSPS) is 18.9. The van der Waals surface area contributed by atoms with E-state index < -0.39 is 6.10 Å². The monoisotopic (exact) mass is 437 g/mol. The predicted octanol–water partition coefficient (Wildman–Crippen LogP) is 4.67. The number of aryl methyl sites for hydroxylation is 1. The van der Waals surface area contributed by atoms with Crippen molar-refractivity contribution < 1.29 is 9.90 Å². The van der Waals surface area contributed by atoms with Gasteiger partial charge in [-0.1, -0.05) is 52.0 Å². The van der Waals surface area contributed by atoms with Gasteiger partial charge in [0.25, 0.3) is 0 Å². The molecule has 0 saturated carbocycles. The van der Waals surface area contributed by atoms with Crippen LogP contribution in [0.25, 0.3) is 22.5 Å². The Morgan fingerprint density at radius 2 is 1.88 bits per heavy atom. The number of carbonyl (C=O) groups is 1. The Bertz CT molecular complexity index is 1010. The van der Waals surface area contributed by atoms with Crippen LogP contribution in [-0.4, -0.2) is 48.3 Å². The number of likely N-dealkylation sites (tertiary alicyclic amines) is 1. The molecule has 3 aromatic rings. The molecule has 1 aliphatic rings. The first kappa shape index (κ1) is 23.7. The molecule has 172 valence electrons. The molecular formula is C25H35N5O2. The number of aliphatic hydroxyl groups excluding tert-OH is 1. The van der Waals surface area contributed by atoms with E-state index in [1.807, 2.05) is 44.6 Å². The maximum Gasteiger partial charge on any atom is 0.226 e. The summed E-state index contributed by atoms with van der Waals surface area (Å²) in [7, 11) is 0. The van der Waals surface area contributed by atoms with Gasteiger partial charge in [-0.25, -0.2) is 4.98 Å². The number of β-amino-alcohol motifs (C(OH)–C–C–N with tert-alkyl or cyclic N) is 1. The van der Waals surface area contributed by atoms with Gasteiger partial charge in [0, 0.05) is 31.6 Å². The van der Waals surface area contributed by atoms with Crippen molar-refractivity contribution in [3.05, 3.63) is 48.5 Å². The average Bonchev–Trinajstić information content (AvgIpc) is 3.58. The topological polar surface area (TPSA) is 87.0 Å². The number of imidazole rings is 1. The van der Waals surface area contributed by atoms with E-state index in [-0.39, 0.29) is 17.9 Å². The lowest BCUT2D eigenvalue weighted by atomic mass is 10.1. The minimum absolute atomic E-state index is 0.0589. The van der Waals surface area contributed by atoms with E-state index in [1.54, 1.807) is 11.1 Å². The summed E-state index contributed by atoms with van der Waals surface area (Å²) in [5, 5.41) is 14.5. The fourth-order valence-electron chi connectivity index (χ4n) is 4.08. The Morgan fingerprint density at radius 1 is 1.19 bits per heavy atom. The quantitative estimate of drug-likeness (QED) is 0.587. The minimum Gasteiger partial charge on any atom is -0.391 e. The number of rotatable bonds is 6. The van der Waals surface area contributed by atoms with Crippen LogP contribution in [0.1, 0.15) is 59.3 Å². The lowest BCUT2D eigenvalue weighted by Crippen LogP contribution is -2.35. The van der Waals surface area contributed by atoms with Gasteiger partial charge in [0.1, 0.15) is 5.82 Å². The molecular weight excluding hydrogens is 402 g/mol. The van der Waals surface area contributed by atoms with Gasteiger partial charge in [-0.3, -0.25) is 9.48 Å². The molecule has 3 unspecified atom stereocenters. The summed E-state index contributed by atoms with van der Waals surface area (Å²) >= 11 is 0. The third kappa shape index (κ3) is 4.78. The molecule has 0 bridgehead atoms. The number of nitrogens with zero attached hydrogens (tertiary/aromatic N) is 4. The van der Waals surface area contributed by atoms with Gasteiger partial charge in [0.05, 0.1) is 29.7 Å². The van der Waals surface area contributed by atoms with Crippen molar-refractivity contribution in [2.45, 2.75) is 66.2 Å². The number of hydrogen-bond donors (Lipinski definition) is 2. The summed E-state index contributed by atoms with van der Waals surface area (Å²) in [4.78, 5) is 22.5. The van der Waals surface area contributed by atoms with Crippen molar-refractivity contribution in [3.8, 4) is 22.5 Å². The Hall–Kier alpha value is -2.93. The molecule has 3 heterocycles. The number of carbonyl (C=O) groups excluding carboxylic acids is 1. The Balaban J connectivity index is 0.00000141. The second-order valence-electron chi connectivity index (χ2n) is 8.00. The molecule has 7 heteroatoms. The number of aliphatic hydroxyl groups is 1. The van der Waals surface area contributed by atoms with Crippen molar-refractivity contribution in [1.82, 2.24) is 24.6 Å². The van der Waals surface area contributed by atoms with Crippen LogP contribution < -0.4 is 0 Å². The molecule has 4 rings (SSSR count). The van der Waals surface area contributed by atoms with E-state index >= 15 is 0 Å².